The molecule has 0 bridgehead atoms. The summed E-state index contributed by atoms with van der Waals surface area (Å²) in [5.41, 5.74) is 0. The van der Waals surface area contributed by atoms with E-state index in [0.717, 1.165) is 17.8 Å². The summed E-state index contributed by atoms with van der Waals surface area (Å²) in [4.78, 5) is 11.7. The Morgan fingerprint density at radius 2 is 2.24 bits per heavy atom. The molecule has 0 saturated heterocycles. The van der Waals surface area contributed by atoms with Gasteiger partial charge in [0.2, 0.25) is 11.0 Å². The molecule has 1 aromatic heterocycles. The van der Waals surface area contributed by atoms with Gasteiger partial charge in [-0.1, -0.05) is 31.6 Å². The Morgan fingerprint density at radius 1 is 1.47 bits per heavy atom. The van der Waals surface area contributed by atoms with Crippen molar-refractivity contribution in [3.8, 4) is 0 Å². The van der Waals surface area contributed by atoms with Crippen molar-refractivity contribution in [2.24, 2.45) is 5.92 Å². The smallest absolute Gasteiger partial charge is 0.229 e. The molecule has 6 heteroatoms. The minimum atomic E-state index is 0.00552. The lowest BCUT2D eigenvalue weighted by Crippen LogP contribution is -2.20. The summed E-state index contributed by atoms with van der Waals surface area (Å²) in [6.45, 7) is 7.01. The van der Waals surface area contributed by atoms with E-state index in [1.165, 1.54) is 11.3 Å². The zero-order valence-electron chi connectivity index (χ0n) is 10.5. The number of carbonyl (C=O) groups excluding carboxylic acids is 1. The second kappa shape index (κ2) is 7.34. The normalized spacial score (nSPS) is 12.4. The van der Waals surface area contributed by atoms with Crippen LogP contribution in [0.3, 0.4) is 0 Å². The van der Waals surface area contributed by atoms with Crippen LogP contribution in [0.15, 0.2) is 0 Å². The third-order valence-electron chi connectivity index (χ3n) is 2.30. The molecule has 5 nitrogen and oxygen atoms in total. The van der Waals surface area contributed by atoms with E-state index in [1.807, 2.05) is 13.8 Å². The first kappa shape index (κ1) is 14.1. The summed E-state index contributed by atoms with van der Waals surface area (Å²) in [5, 5.41) is 12.0. The van der Waals surface area contributed by atoms with Gasteiger partial charge in [-0.3, -0.25) is 4.79 Å². The van der Waals surface area contributed by atoms with Crippen molar-refractivity contribution in [2.45, 2.75) is 40.2 Å². The van der Waals surface area contributed by atoms with Crippen molar-refractivity contribution >= 4 is 22.4 Å². The maximum atomic E-state index is 11.7. The molecule has 0 aliphatic carbocycles. The standard InChI is InChI=1S/C11H19N3O2S/c1-4-6-8(3)10(15)12-11-14-13-9(17-11)7-16-5-2/h8H,4-7H2,1-3H3,(H,12,14,15). The molecule has 0 fully saturated rings. The number of amides is 1. The van der Waals surface area contributed by atoms with Crippen molar-refractivity contribution in [1.29, 1.82) is 0 Å². The average molecular weight is 257 g/mol. The second-order valence-corrected chi connectivity index (χ2v) is 4.88. The van der Waals surface area contributed by atoms with Crippen LogP contribution in [0, 0.1) is 5.92 Å². The van der Waals surface area contributed by atoms with Crippen molar-refractivity contribution < 1.29 is 9.53 Å². The Hall–Kier alpha value is -1.01. The van der Waals surface area contributed by atoms with Crippen LogP contribution in [0.2, 0.25) is 0 Å². The van der Waals surface area contributed by atoms with Crippen molar-refractivity contribution in [1.82, 2.24) is 10.2 Å². The van der Waals surface area contributed by atoms with E-state index in [9.17, 15) is 4.79 Å². The van der Waals surface area contributed by atoms with Crippen molar-refractivity contribution in [3.63, 3.8) is 0 Å². The van der Waals surface area contributed by atoms with E-state index >= 15 is 0 Å². The van der Waals surface area contributed by atoms with Crippen LogP contribution in [-0.2, 0) is 16.1 Å². The third kappa shape index (κ3) is 4.79. The van der Waals surface area contributed by atoms with Crippen LogP contribution in [0.1, 0.15) is 38.6 Å². The van der Waals surface area contributed by atoms with Crippen LogP contribution in [0.5, 0.6) is 0 Å². The van der Waals surface area contributed by atoms with Gasteiger partial charge < -0.3 is 10.1 Å². The molecule has 1 atom stereocenters. The molecule has 0 spiro atoms. The number of anilines is 1. The lowest BCUT2D eigenvalue weighted by atomic mass is 10.1. The molecule has 1 aromatic rings. The van der Waals surface area contributed by atoms with Gasteiger partial charge in [0.25, 0.3) is 0 Å². The lowest BCUT2D eigenvalue weighted by molar-refractivity contribution is -0.119. The number of hydrogen-bond acceptors (Lipinski definition) is 5. The Bertz CT molecular complexity index is 354. The first-order chi connectivity index (χ1) is 8.17. The molecule has 1 rings (SSSR count). The molecule has 1 amide bonds. The van der Waals surface area contributed by atoms with Crippen LogP contribution in [0.25, 0.3) is 0 Å². The van der Waals surface area contributed by atoms with E-state index in [2.05, 4.69) is 22.4 Å². The topological polar surface area (TPSA) is 64.1 Å². The summed E-state index contributed by atoms with van der Waals surface area (Å²) in [5.74, 6) is 0.0187. The Labute approximate surface area is 106 Å². The minimum absolute atomic E-state index is 0.00552. The molecular weight excluding hydrogens is 238 g/mol. The fraction of sp³-hybridized carbons (Fsp3) is 0.727. The first-order valence-electron chi connectivity index (χ1n) is 5.88. The van der Waals surface area contributed by atoms with E-state index in [1.54, 1.807) is 0 Å². The molecule has 96 valence electrons. The van der Waals surface area contributed by atoms with Gasteiger partial charge >= 0.3 is 0 Å². The highest BCUT2D eigenvalue weighted by molar-refractivity contribution is 7.15. The summed E-state index contributed by atoms with van der Waals surface area (Å²) in [7, 11) is 0. The van der Waals surface area contributed by atoms with E-state index in [0.29, 0.717) is 18.3 Å². The fourth-order valence-electron chi connectivity index (χ4n) is 1.34. The van der Waals surface area contributed by atoms with Gasteiger partial charge in [-0.25, -0.2) is 0 Å². The van der Waals surface area contributed by atoms with Crippen LogP contribution in [-0.4, -0.2) is 22.7 Å². The van der Waals surface area contributed by atoms with Crippen LogP contribution < -0.4 is 5.32 Å². The first-order valence-corrected chi connectivity index (χ1v) is 6.70. The zero-order valence-corrected chi connectivity index (χ0v) is 11.3. The van der Waals surface area contributed by atoms with E-state index in [-0.39, 0.29) is 11.8 Å². The molecule has 1 N–H and O–H groups in total. The Morgan fingerprint density at radius 3 is 2.88 bits per heavy atom. The maximum absolute atomic E-state index is 11.7. The number of ether oxygens (including phenoxy) is 1. The number of nitrogens with zero attached hydrogens (tertiary/aromatic N) is 2. The van der Waals surface area contributed by atoms with Crippen molar-refractivity contribution in [3.05, 3.63) is 5.01 Å². The van der Waals surface area contributed by atoms with Gasteiger partial charge in [0.15, 0.2) is 0 Å². The second-order valence-electron chi connectivity index (χ2n) is 3.82. The van der Waals surface area contributed by atoms with Gasteiger partial charge in [-0.2, -0.15) is 0 Å². The SMILES string of the molecule is CCCC(C)C(=O)Nc1nnc(COCC)s1. The quantitative estimate of drug-likeness (QED) is 0.815. The van der Waals surface area contributed by atoms with Gasteiger partial charge in [0.1, 0.15) is 11.6 Å². The van der Waals surface area contributed by atoms with E-state index < -0.39 is 0 Å². The third-order valence-corrected chi connectivity index (χ3v) is 3.11. The molecule has 17 heavy (non-hydrogen) atoms. The van der Waals surface area contributed by atoms with E-state index in [4.69, 9.17) is 4.74 Å². The summed E-state index contributed by atoms with van der Waals surface area (Å²) >= 11 is 1.36. The molecule has 0 aliphatic heterocycles. The maximum Gasteiger partial charge on any atom is 0.229 e. The Kier molecular flexibility index (Phi) is 6.07. The molecule has 0 saturated carbocycles. The highest BCUT2D eigenvalue weighted by Crippen LogP contribution is 2.17. The minimum Gasteiger partial charge on any atom is -0.374 e. The monoisotopic (exact) mass is 257 g/mol. The number of hydrogen-bond donors (Lipinski definition) is 1. The van der Waals surface area contributed by atoms with Crippen LogP contribution >= 0.6 is 11.3 Å². The molecule has 1 unspecified atom stereocenters. The molecule has 0 aliphatic rings. The predicted molar refractivity (Wildman–Crippen MR) is 67.9 cm³/mol. The molecular formula is C11H19N3O2S. The summed E-state index contributed by atoms with van der Waals surface area (Å²) in [6, 6.07) is 0. The number of rotatable bonds is 7. The summed E-state index contributed by atoms with van der Waals surface area (Å²) in [6.07, 6.45) is 1.89. The van der Waals surface area contributed by atoms with Crippen LogP contribution in [0.4, 0.5) is 5.13 Å². The molecule has 1 heterocycles. The molecule has 0 radical (unpaired) electrons. The lowest BCUT2D eigenvalue weighted by Gasteiger charge is -2.07. The number of carbonyl (C=O) groups is 1. The highest BCUT2D eigenvalue weighted by atomic mass is 32.1. The van der Waals surface area contributed by atoms with Crippen molar-refractivity contribution in [2.75, 3.05) is 11.9 Å². The largest absolute Gasteiger partial charge is 0.374 e. The highest BCUT2D eigenvalue weighted by Gasteiger charge is 2.14. The van der Waals surface area contributed by atoms with Gasteiger partial charge in [-0.05, 0) is 13.3 Å². The number of nitrogens with one attached hydrogen (secondary N) is 1. The van der Waals surface area contributed by atoms with Gasteiger partial charge in [0, 0.05) is 12.5 Å². The van der Waals surface area contributed by atoms with Gasteiger partial charge in [-0.15, -0.1) is 10.2 Å². The fourth-order valence-corrected chi connectivity index (χ4v) is 2.02. The molecule has 0 aromatic carbocycles. The average Bonchev–Trinajstić information content (AvgIpc) is 2.74. The zero-order chi connectivity index (χ0) is 12.7. The summed E-state index contributed by atoms with van der Waals surface area (Å²) < 4.78 is 5.22. The Balaban J connectivity index is 2.45. The van der Waals surface area contributed by atoms with Gasteiger partial charge in [0.05, 0.1) is 0 Å². The predicted octanol–water partition coefficient (Wildman–Crippen LogP) is 2.45. The number of aromatic nitrogens is 2.